The van der Waals surface area contributed by atoms with Crippen molar-refractivity contribution in [1.82, 2.24) is 0 Å². The summed E-state index contributed by atoms with van der Waals surface area (Å²) in [6.07, 6.45) is 3.81. The zero-order chi connectivity index (χ0) is 18.2. The van der Waals surface area contributed by atoms with E-state index >= 15 is 0 Å². The fraction of sp³-hybridized carbons (Fsp3) is 1.00. The Hall–Kier alpha value is -0.0631. The van der Waals surface area contributed by atoms with Gasteiger partial charge in [-0.25, -0.2) is 0 Å². The van der Waals surface area contributed by atoms with Gasteiger partial charge in [0, 0.05) is 25.2 Å². The molecule has 4 aliphatic rings. The van der Waals surface area contributed by atoms with Gasteiger partial charge >= 0.3 is 8.80 Å². The van der Waals surface area contributed by atoms with Gasteiger partial charge in [0.2, 0.25) is 5.79 Å². The Balaban J connectivity index is 1.43. The zero-order valence-electron chi connectivity index (χ0n) is 16.1. The molecular weight excluding hydrogens is 356 g/mol. The molecule has 0 aromatic rings. The zero-order valence-corrected chi connectivity index (χ0v) is 17.1. The fourth-order valence-electron chi connectivity index (χ4n) is 4.23. The van der Waals surface area contributed by atoms with Gasteiger partial charge < -0.3 is 32.2 Å². The summed E-state index contributed by atoms with van der Waals surface area (Å²) in [4.78, 5) is 0. The Bertz CT molecular complexity index is 478. The first-order chi connectivity index (χ1) is 12.6. The highest BCUT2D eigenvalue weighted by Crippen LogP contribution is 2.54. The maximum absolute atomic E-state index is 6.58. The Morgan fingerprint density at radius 2 is 1.77 bits per heavy atom. The van der Waals surface area contributed by atoms with Crippen molar-refractivity contribution < 1.29 is 32.2 Å². The Kier molecular flexibility index (Phi) is 5.74. The number of ether oxygens (including phenoxy) is 4. The molecule has 0 aromatic carbocycles. The average molecular weight is 389 g/mol. The van der Waals surface area contributed by atoms with Crippen LogP contribution in [0, 0.1) is 5.92 Å². The highest BCUT2D eigenvalue weighted by molar-refractivity contribution is 6.61. The summed E-state index contributed by atoms with van der Waals surface area (Å²) in [6, 6.07) is 0.722. The van der Waals surface area contributed by atoms with Gasteiger partial charge in [0.25, 0.3) is 0 Å². The molecule has 0 bridgehead atoms. The van der Waals surface area contributed by atoms with E-state index in [0.29, 0.717) is 19.8 Å². The van der Waals surface area contributed by atoms with Gasteiger partial charge in [0.05, 0.1) is 32.0 Å². The van der Waals surface area contributed by atoms with Crippen LogP contribution in [0.5, 0.6) is 0 Å². The van der Waals surface area contributed by atoms with Gasteiger partial charge in [0.15, 0.2) is 0 Å². The number of fused-ring (bicyclic) bond motifs is 1. The third kappa shape index (κ3) is 4.17. The quantitative estimate of drug-likeness (QED) is 0.374. The molecular formula is C18H32O7Si. The molecule has 4 rings (SSSR count). The van der Waals surface area contributed by atoms with E-state index < -0.39 is 14.6 Å². The number of epoxide rings is 3. The molecule has 6 unspecified atom stereocenters. The molecule has 7 nitrogen and oxygen atoms in total. The van der Waals surface area contributed by atoms with Crippen LogP contribution in [0.1, 0.15) is 40.0 Å². The van der Waals surface area contributed by atoms with E-state index in [4.69, 9.17) is 32.2 Å². The van der Waals surface area contributed by atoms with Crippen LogP contribution in [0.4, 0.5) is 0 Å². The monoisotopic (exact) mass is 388 g/mol. The summed E-state index contributed by atoms with van der Waals surface area (Å²) in [7, 11) is -2.78. The lowest BCUT2D eigenvalue weighted by atomic mass is 9.83. The maximum Gasteiger partial charge on any atom is 0.503 e. The van der Waals surface area contributed by atoms with Crippen molar-refractivity contribution in [2.24, 2.45) is 5.92 Å². The highest BCUT2D eigenvalue weighted by Gasteiger charge is 2.66. The average Bonchev–Trinajstić information content (AvgIpc) is 3.46. The summed E-state index contributed by atoms with van der Waals surface area (Å²) in [5.41, 5.74) is 0. The molecule has 0 radical (unpaired) electrons. The molecule has 0 N–H and O–H groups in total. The van der Waals surface area contributed by atoms with E-state index in [1.807, 2.05) is 13.8 Å². The molecule has 0 aromatic heterocycles. The number of rotatable bonds is 12. The first kappa shape index (κ1) is 19.3. The lowest BCUT2D eigenvalue weighted by molar-refractivity contribution is -0.126. The first-order valence-electron chi connectivity index (χ1n) is 10.1. The van der Waals surface area contributed by atoms with E-state index in [1.165, 1.54) is 0 Å². The standard InChI is InChI=1S/C18H32O7Si/c1-4-22-26(23-5-2,12-15-10-20-15)25-13(3)16-7-6-8-17-18(16,24-17)21-11-14-9-19-14/h13-17H,4-12H2,1-3H3. The van der Waals surface area contributed by atoms with Crippen LogP contribution in [0.15, 0.2) is 0 Å². The van der Waals surface area contributed by atoms with Gasteiger partial charge in [-0.1, -0.05) is 6.42 Å². The lowest BCUT2D eigenvalue weighted by Gasteiger charge is -2.37. The Morgan fingerprint density at radius 3 is 2.38 bits per heavy atom. The van der Waals surface area contributed by atoms with Crippen LogP contribution in [0.3, 0.4) is 0 Å². The number of hydrogen-bond donors (Lipinski definition) is 0. The van der Waals surface area contributed by atoms with E-state index in [-0.39, 0.29) is 30.3 Å². The van der Waals surface area contributed by atoms with E-state index in [0.717, 1.165) is 38.5 Å². The third-order valence-corrected chi connectivity index (χ3v) is 8.80. The Labute approximate surface area is 156 Å². The second-order valence-corrected chi connectivity index (χ2v) is 10.3. The van der Waals surface area contributed by atoms with Crippen molar-refractivity contribution in [3.05, 3.63) is 0 Å². The van der Waals surface area contributed by atoms with Gasteiger partial charge in [-0.15, -0.1) is 0 Å². The van der Waals surface area contributed by atoms with Gasteiger partial charge in [0.1, 0.15) is 12.2 Å². The van der Waals surface area contributed by atoms with Crippen LogP contribution in [-0.4, -0.2) is 72.0 Å². The minimum Gasteiger partial charge on any atom is -0.374 e. The summed E-state index contributed by atoms with van der Waals surface area (Å²) in [5, 5.41) is 0. The van der Waals surface area contributed by atoms with E-state index in [1.54, 1.807) is 0 Å². The summed E-state index contributed by atoms with van der Waals surface area (Å²) in [5.74, 6) is -0.314. The molecule has 0 amide bonds. The van der Waals surface area contributed by atoms with Crippen molar-refractivity contribution >= 4 is 8.80 Å². The summed E-state index contributed by atoms with van der Waals surface area (Å²) >= 11 is 0. The van der Waals surface area contributed by atoms with Gasteiger partial charge in [-0.2, -0.15) is 0 Å². The smallest absolute Gasteiger partial charge is 0.374 e. The second kappa shape index (κ2) is 7.75. The van der Waals surface area contributed by atoms with E-state index in [2.05, 4.69) is 6.92 Å². The van der Waals surface area contributed by atoms with Gasteiger partial charge in [-0.3, -0.25) is 0 Å². The van der Waals surface area contributed by atoms with Gasteiger partial charge in [-0.05, 0) is 33.6 Å². The molecule has 3 aliphatic heterocycles. The largest absolute Gasteiger partial charge is 0.503 e. The Morgan fingerprint density at radius 1 is 1.08 bits per heavy atom. The van der Waals surface area contributed by atoms with E-state index in [9.17, 15) is 0 Å². The molecule has 26 heavy (non-hydrogen) atoms. The van der Waals surface area contributed by atoms with Crippen LogP contribution in [0.2, 0.25) is 6.04 Å². The molecule has 3 saturated heterocycles. The van der Waals surface area contributed by atoms with Crippen LogP contribution < -0.4 is 0 Å². The van der Waals surface area contributed by atoms with Crippen LogP contribution >= 0.6 is 0 Å². The topological polar surface area (TPSA) is 74.5 Å². The molecule has 150 valence electrons. The SMILES string of the molecule is CCO[Si](CC1CO1)(OCC)OC(C)C1CCCC2OC21OCC1CO1. The van der Waals surface area contributed by atoms with Crippen molar-refractivity contribution in [2.75, 3.05) is 33.0 Å². The predicted octanol–water partition coefficient (Wildman–Crippen LogP) is 2.11. The third-order valence-electron chi connectivity index (χ3n) is 5.65. The molecule has 3 heterocycles. The normalized spacial score (nSPS) is 39.3. The fourth-order valence-corrected chi connectivity index (χ4v) is 7.18. The molecule has 6 atom stereocenters. The van der Waals surface area contributed by atoms with Crippen molar-refractivity contribution in [3.8, 4) is 0 Å². The van der Waals surface area contributed by atoms with Crippen molar-refractivity contribution in [2.45, 2.75) is 76.3 Å². The first-order valence-corrected chi connectivity index (χ1v) is 12.0. The minimum atomic E-state index is -2.78. The highest BCUT2D eigenvalue weighted by atomic mass is 28.4. The molecule has 1 saturated carbocycles. The predicted molar refractivity (Wildman–Crippen MR) is 94.7 cm³/mol. The molecule has 8 heteroatoms. The maximum atomic E-state index is 6.58. The van der Waals surface area contributed by atoms with Crippen molar-refractivity contribution in [1.29, 1.82) is 0 Å². The lowest BCUT2D eigenvalue weighted by Crippen LogP contribution is -2.52. The second-order valence-electron chi connectivity index (χ2n) is 7.66. The number of hydrogen-bond acceptors (Lipinski definition) is 7. The summed E-state index contributed by atoms with van der Waals surface area (Å²) in [6.45, 7) is 9.43. The molecule has 0 spiro atoms. The molecule has 1 aliphatic carbocycles. The molecule has 4 fully saturated rings. The minimum absolute atomic E-state index is 0.0519. The van der Waals surface area contributed by atoms with Crippen molar-refractivity contribution in [3.63, 3.8) is 0 Å². The summed E-state index contributed by atoms with van der Waals surface area (Å²) < 4.78 is 41.7. The van der Waals surface area contributed by atoms with Crippen LogP contribution in [0.25, 0.3) is 0 Å². The van der Waals surface area contributed by atoms with Crippen LogP contribution in [-0.2, 0) is 32.2 Å².